The standard InChI is InChI=1S/C17H28O/c1-3-14(10-7-13-18-2)16-12-6-9-15-8-4-5-11-17(15)16/h6,8-9,14,16-17H,3-5,7,10-13H2,1-2H3. The molecule has 0 saturated heterocycles. The molecule has 1 nitrogen and oxygen atoms in total. The second-order valence-corrected chi connectivity index (χ2v) is 5.85. The van der Waals surface area contributed by atoms with Crippen LogP contribution in [-0.4, -0.2) is 13.7 Å². The van der Waals surface area contributed by atoms with Gasteiger partial charge in [-0.25, -0.2) is 0 Å². The highest BCUT2D eigenvalue weighted by atomic mass is 16.5. The summed E-state index contributed by atoms with van der Waals surface area (Å²) in [5.41, 5.74) is 1.64. The SMILES string of the molecule is CCC(CCCOC)C1CC=CC2=CCCCC21. The Kier molecular flexibility index (Phi) is 5.49. The second-order valence-electron chi connectivity index (χ2n) is 5.85. The first-order valence-electron chi connectivity index (χ1n) is 7.72. The minimum atomic E-state index is 0.858. The molecule has 0 aromatic rings. The lowest BCUT2D eigenvalue weighted by molar-refractivity contribution is 0.163. The molecule has 0 spiro atoms. The molecule has 0 amide bonds. The zero-order valence-corrected chi connectivity index (χ0v) is 12.0. The van der Waals surface area contributed by atoms with Crippen molar-refractivity contribution < 1.29 is 4.74 Å². The number of methoxy groups -OCH3 is 1. The fourth-order valence-corrected chi connectivity index (χ4v) is 3.83. The Morgan fingerprint density at radius 2 is 2.33 bits per heavy atom. The normalized spacial score (nSPS) is 28.7. The van der Waals surface area contributed by atoms with E-state index in [1.807, 2.05) is 7.11 Å². The summed E-state index contributed by atoms with van der Waals surface area (Å²) >= 11 is 0. The van der Waals surface area contributed by atoms with Gasteiger partial charge in [0.15, 0.2) is 0 Å². The molecule has 2 aliphatic rings. The molecule has 2 rings (SSSR count). The maximum atomic E-state index is 5.21. The molecule has 0 N–H and O–H groups in total. The van der Waals surface area contributed by atoms with E-state index in [0.29, 0.717) is 0 Å². The van der Waals surface area contributed by atoms with Gasteiger partial charge in [-0.3, -0.25) is 0 Å². The van der Waals surface area contributed by atoms with Crippen LogP contribution in [0.2, 0.25) is 0 Å². The van der Waals surface area contributed by atoms with Gasteiger partial charge in [0.25, 0.3) is 0 Å². The zero-order chi connectivity index (χ0) is 12.8. The monoisotopic (exact) mass is 248 g/mol. The van der Waals surface area contributed by atoms with Crippen LogP contribution in [0.25, 0.3) is 0 Å². The molecule has 2 aliphatic carbocycles. The topological polar surface area (TPSA) is 9.23 Å². The average molecular weight is 248 g/mol. The first-order valence-corrected chi connectivity index (χ1v) is 7.72. The summed E-state index contributed by atoms with van der Waals surface area (Å²) in [6, 6.07) is 0. The van der Waals surface area contributed by atoms with Gasteiger partial charge < -0.3 is 4.74 Å². The van der Waals surface area contributed by atoms with Crippen LogP contribution in [-0.2, 0) is 4.74 Å². The largest absolute Gasteiger partial charge is 0.385 e. The number of hydrogen-bond acceptors (Lipinski definition) is 1. The van der Waals surface area contributed by atoms with E-state index < -0.39 is 0 Å². The third-order valence-corrected chi connectivity index (χ3v) is 4.82. The summed E-state index contributed by atoms with van der Waals surface area (Å²) in [5.74, 6) is 2.64. The molecule has 0 aliphatic heterocycles. The van der Waals surface area contributed by atoms with Crippen molar-refractivity contribution in [2.24, 2.45) is 17.8 Å². The smallest absolute Gasteiger partial charge is 0.0462 e. The molecule has 0 radical (unpaired) electrons. The summed E-state index contributed by atoms with van der Waals surface area (Å²) in [7, 11) is 1.81. The van der Waals surface area contributed by atoms with Crippen LogP contribution >= 0.6 is 0 Å². The molecule has 102 valence electrons. The Labute approximate surface area is 112 Å². The van der Waals surface area contributed by atoms with Gasteiger partial charge in [-0.15, -0.1) is 0 Å². The summed E-state index contributed by atoms with van der Waals surface area (Å²) in [5, 5.41) is 0. The molecule has 18 heavy (non-hydrogen) atoms. The number of allylic oxidation sites excluding steroid dienone is 4. The summed E-state index contributed by atoms with van der Waals surface area (Å²) < 4.78 is 5.21. The summed E-state index contributed by atoms with van der Waals surface area (Å²) in [6.45, 7) is 3.29. The highest BCUT2D eigenvalue weighted by Crippen LogP contribution is 2.42. The van der Waals surface area contributed by atoms with Crippen LogP contribution < -0.4 is 0 Å². The zero-order valence-electron chi connectivity index (χ0n) is 12.0. The molecule has 0 aromatic carbocycles. The van der Waals surface area contributed by atoms with E-state index >= 15 is 0 Å². The highest BCUT2D eigenvalue weighted by Gasteiger charge is 2.32. The molecule has 3 unspecified atom stereocenters. The third-order valence-electron chi connectivity index (χ3n) is 4.82. The van der Waals surface area contributed by atoms with E-state index in [2.05, 4.69) is 25.2 Å². The second kappa shape index (κ2) is 7.13. The molecule has 0 bridgehead atoms. The maximum absolute atomic E-state index is 5.21. The van der Waals surface area contributed by atoms with Crippen molar-refractivity contribution >= 4 is 0 Å². The van der Waals surface area contributed by atoms with Crippen LogP contribution in [0.4, 0.5) is 0 Å². The first-order chi connectivity index (χ1) is 8.86. The molecule has 0 saturated carbocycles. The molecule has 1 heteroatoms. The number of fused-ring (bicyclic) bond motifs is 1. The van der Waals surface area contributed by atoms with Gasteiger partial charge >= 0.3 is 0 Å². The van der Waals surface area contributed by atoms with Gasteiger partial charge in [0.05, 0.1) is 0 Å². The Hall–Kier alpha value is -0.560. The first kappa shape index (κ1) is 13.9. The molecule has 0 fully saturated rings. The quantitative estimate of drug-likeness (QED) is 0.617. The van der Waals surface area contributed by atoms with E-state index in [9.17, 15) is 0 Å². The maximum Gasteiger partial charge on any atom is 0.0462 e. The van der Waals surface area contributed by atoms with Gasteiger partial charge in [0, 0.05) is 13.7 Å². The highest BCUT2D eigenvalue weighted by molar-refractivity contribution is 5.27. The number of hydrogen-bond donors (Lipinski definition) is 0. The van der Waals surface area contributed by atoms with Crippen molar-refractivity contribution in [2.45, 2.75) is 51.9 Å². The van der Waals surface area contributed by atoms with E-state index in [4.69, 9.17) is 4.74 Å². The van der Waals surface area contributed by atoms with Crippen molar-refractivity contribution in [2.75, 3.05) is 13.7 Å². The Morgan fingerprint density at radius 3 is 3.11 bits per heavy atom. The van der Waals surface area contributed by atoms with Gasteiger partial charge in [-0.2, -0.15) is 0 Å². The van der Waals surface area contributed by atoms with Crippen molar-refractivity contribution in [1.82, 2.24) is 0 Å². The number of rotatable bonds is 6. The summed E-state index contributed by atoms with van der Waals surface area (Å²) in [6.07, 6.45) is 16.6. The van der Waals surface area contributed by atoms with E-state index in [-0.39, 0.29) is 0 Å². The van der Waals surface area contributed by atoms with Gasteiger partial charge in [-0.1, -0.05) is 31.6 Å². The van der Waals surface area contributed by atoms with E-state index in [1.165, 1.54) is 44.9 Å². The predicted molar refractivity (Wildman–Crippen MR) is 77.6 cm³/mol. The average Bonchev–Trinajstić information content (AvgIpc) is 2.43. The van der Waals surface area contributed by atoms with Crippen LogP contribution in [0.15, 0.2) is 23.8 Å². The predicted octanol–water partition coefficient (Wildman–Crippen LogP) is 4.74. The molecular formula is C17H28O. The fraction of sp³-hybridized carbons (Fsp3) is 0.765. The van der Waals surface area contributed by atoms with Crippen LogP contribution in [0.3, 0.4) is 0 Å². The lowest BCUT2D eigenvalue weighted by Crippen LogP contribution is -2.28. The molecule has 0 heterocycles. The summed E-state index contributed by atoms with van der Waals surface area (Å²) in [4.78, 5) is 0. The lowest BCUT2D eigenvalue weighted by atomic mass is 9.67. The minimum absolute atomic E-state index is 0.858. The van der Waals surface area contributed by atoms with Crippen LogP contribution in [0.1, 0.15) is 51.9 Å². The van der Waals surface area contributed by atoms with Gasteiger partial charge in [-0.05, 0) is 61.9 Å². The minimum Gasteiger partial charge on any atom is -0.385 e. The van der Waals surface area contributed by atoms with Crippen molar-refractivity contribution in [3.05, 3.63) is 23.8 Å². The van der Waals surface area contributed by atoms with Crippen molar-refractivity contribution in [3.8, 4) is 0 Å². The Bertz CT molecular complexity index is 303. The van der Waals surface area contributed by atoms with Crippen molar-refractivity contribution in [3.63, 3.8) is 0 Å². The van der Waals surface area contributed by atoms with Gasteiger partial charge in [0.1, 0.15) is 0 Å². The number of ether oxygens (including phenoxy) is 1. The van der Waals surface area contributed by atoms with Crippen LogP contribution in [0.5, 0.6) is 0 Å². The Balaban J connectivity index is 1.99. The lowest BCUT2D eigenvalue weighted by Gasteiger charge is -2.38. The molecular weight excluding hydrogens is 220 g/mol. The fourth-order valence-electron chi connectivity index (χ4n) is 3.83. The van der Waals surface area contributed by atoms with Gasteiger partial charge in [0.2, 0.25) is 0 Å². The third kappa shape index (κ3) is 3.26. The Morgan fingerprint density at radius 1 is 1.44 bits per heavy atom. The van der Waals surface area contributed by atoms with Crippen molar-refractivity contribution in [1.29, 1.82) is 0 Å². The molecule has 3 atom stereocenters. The van der Waals surface area contributed by atoms with E-state index in [1.54, 1.807) is 5.57 Å². The van der Waals surface area contributed by atoms with Crippen LogP contribution in [0, 0.1) is 17.8 Å². The van der Waals surface area contributed by atoms with E-state index in [0.717, 1.165) is 24.4 Å². The molecule has 0 aromatic heterocycles.